The first-order chi connectivity index (χ1) is 14.5. The van der Waals surface area contributed by atoms with E-state index in [1.165, 1.54) is 10.4 Å². The van der Waals surface area contributed by atoms with E-state index in [2.05, 4.69) is 93.6 Å². The Morgan fingerprint density at radius 3 is 2.13 bits per heavy atom. The molecule has 2 atom stereocenters. The zero-order valence-electron chi connectivity index (χ0n) is 18.5. The Kier molecular flexibility index (Phi) is 6.30. The molecule has 0 N–H and O–H groups in total. The number of hydrogen-bond donors (Lipinski definition) is 0. The second kappa shape index (κ2) is 8.79. The van der Waals surface area contributed by atoms with Crippen molar-refractivity contribution in [2.75, 3.05) is 13.2 Å². The molecule has 0 bridgehead atoms. The molecule has 2 aliphatic rings. The topological polar surface area (TPSA) is 27.7 Å². The lowest BCUT2D eigenvalue weighted by Crippen LogP contribution is -2.67. The van der Waals surface area contributed by atoms with Crippen molar-refractivity contribution in [2.24, 2.45) is 0 Å². The summed E-state index contributed by atoms with van der Waals surface area (Å²) in [5.41, 5.74) is 0. The molecule has 4 heteroatoms. The predicted molar refractivity (Wildman–Crippen MR) is 125 cm³/mol. The summed E-state index contributed by atoms with van der Waals surface area (Å²) in [6.45, 7) is 8.28. The molecule has 4 rings (SSSR count). The lowest BCUT2D eigenvalue weighted by molar-refractivity contribution is -0.253. The van der Waals surface area contributed by atoms with Gasteiger partial charge < -0.3 is 13.9 Å². The average Bonchev–Trinajstić information content (AvgIpc) is 2.75. The van der Waals surface area contributed by atoms with Gasteiger partial charge in [0.05, 0.1) is 19.3 Å². The molecular formula is C26H34O3Si. The molecule has 0 amide bonds. The summed E-state index contributed by atoms with van der Waals surface area (Å²) in [7, 11) is -2.54. The second-order valence-electron chi connectivity index (χ2n) is 9.47. The molecule has 1 saturated heterocycles. The third-order valence-electron chi connectivity index (χ3n) is 6.31. The van der Waals surface area contributed by atoms with Crippen LogP contribution in [-0.2, 0) is 13.9 Å². The number of benzene rings is 2. The molecule has 160 valence electrons. The first kappa shape index (κ1) is 21.5. The van der Waals surface area contributed by atoms with Crippen LogP contribution in [0.4, 0.5) is 0 Å². The fraction of sp³-hybridized carbons (Fsp3) is 0.462. The zero-order valence-corrected chi connectivity index (χ0v) is 19.5. The lowest BCUT2D eigenvalue weighted by atomic mass is 10.0. The van der Waals surface area contributed by atoms with Crippen LogP contribution in [0.25, 0.3) is 0 Å². The van der Waals surface area contributed by atoms with Crippen molar-refractivity contribution >= 4 is 18.7 Å². The fourth-order valence-electron chi connectivity index (χ4n) is 4.87. The van der Waals surface area contributed by atoms with Gasteiger partial charge in [0.2, 0.25) is 0 Å². The van der Waals surface area contributed by atoms with E-state index < -0.39 is 14.1 Å². The minimum absolute atomic E-state index is 0.00903. The molecule has 30 heavy (non-hydrogen) atoms. The minimum atomic E-state index is -2.54. The standard InChI is InChI=1S/C26H34O3Si/c1-25(2,3)30(23-14-6-4-7-15-23,24-16-8-5-9-17-24)28-21-22-13-12-19-26(29-22)18-10-11-20-27-26/h4-9,12,14-17,19,22H,10-11,13,18,20-21H2,1-3H3/t22-,26-/m0/s1. The predicted octanol–water partition coefficient (Wildman–Crippen LogP) is 4.80. The van der Waals surface area contributed by atoms with Crippen LogP contribution in [0.5, 0.6) is 0 Å². The summed E-state index contributed by atoms with van der Waals surface area (Å²) in [6.07, 6.45) is 8.39. The van der Waals surface area contributed by atoms with Crippen LogP contribution in [0.2, 0.25) is 5.04 Å². The third-order valence-corrected chi connectivity index (χ3v) is 11.3. The molecule has 0 aliphatic carbocycles. The van der Waals surface area contributed by atoms with Crippen LogP contribution in [-0.4, -0.2) is 33.4 Å². The van der Waals surface area contributed by atoms with E-state index in [0.29, 0.717) is 6.61 Å². The third kappa shape index (κ3) is 4.19. The Morgan fingerprint density at radius 1 is 0.967 bits per heavy atom. The van der Waals surface area contributed by atoms with Crippen molar-refractivity contribution in [3.63, 3.8) is 0 Å². The van der Waals surface area contributed by atoms with Gasteiger partial charge in [0.15, 0.2) is 5.79 Å². The summed E-state index contributed by atoms with van der Waals surface area (Å²) in [4.78, 5) is 0. The molecule has 2 aliphatic heterocycles. The molecule has 1 spiro atoms. The second-order valence-corrected chi connectivity index (χ2v) is 13.8. The molecule has 0 unspecified atom stereocenters. The molecular weight excluding hydrogens is 388 g/mol. The molecule has 3 nitrogen and oxygen atoms in total. The first-order valence-electron chi connectivity index (χ1n) is 11.2. The van der Waals surface area contributed by atoms with Gasteiger partial charge in [0.1, 0.15) is 0 Å². The van der Waals surface area contributed by atoms with Crippen LogP contribution in [0.1, 0.15) is 46.5 Å². The molecule has 0 saturated carbocycles. The molecule has 2 heterocycles. The van der Waals surface area contributed by atoms with Crippen molar-refractivity contribution < 1.29 is 13.9 Å². The maximum absolute atomic E-state index is 7.06. The Labute approximate surface area is 182 Å². The van der Waals surface area contributed by atoms with Crippen molar-refractivity contribution in [1.82, 2.24) is 0 Å². The van der Waals surface area contributed by atoms with Crippen molar-refractivity contribution in [1.29, 1.82) is 0 Å². The van der Waals surface area contributed by atoms with Gasteiger partial charge in [-0.2, -0.15) is 0 Å². The van der Waals surface area contributed by atoms with E-state index in [-0.39, 0.29) is 11.1 Å². The molecule has 2 aromatic carbocycles. The van der Waals surface area contributed by atoms with Crippen molar-refractivity contribution in [2.45, 2.75) is 63.4 Å². The number of ether oxygens (including phenoxy) is 2. The highest BCUT2D eigenvalue weighted by atomic mass is 28.4. The minimum Gasteiger partial charge on any atom is -0.405 e. The normalized spacial score (nSPS) is 24.8. The SMILES string of the molecule is CC(C)(C)[Si](OC[C@@H]1CC=C[C@]2(CCCCO2)O1)(c1ccccc1)c1ccccc1. The highest BCUT2D eigenvalue weighted by molar-refractivity contribution is 6.99. The fourth-order valence-corrected chi connectivity index (χ4v) is 9.46. The monoisotopic (exact) mass is 422 g/mol. The van der Waals surface area contributed by atoms with Gasteiger partial charge in [0.25, 0.3) is 8.32 Å². The summed E-state index contributed by atoms with van der Waals surface area (Å²) in [6, 6.07) is 21.6. The Morgan fingerprint density at radius 2 is 1.60 bits per heavy atom. The van der Waals surface area contributed by atoms with Crippen molar-refractivity contribution in [3.05, 3.63) is 72.8 Å². The van der Waals surface area contributed by atoms with Gasteiger partial charge in [-0.15, -0.1) is 0 Å². The van der Waals surface area contributed by atoms with E-state index in [4.69, 9.17) is 13.9 Å². The van der Waals surface area contributed by atoms with Crippen LogP contribution in [0, 0.1) is 0 Å². The number of rotatable bonds is 5. The lowest BCUT2D eigenvalue weighted by Gasteiger charge is -2.45. The van der Waals surface area contributed by atoms with Gasteiger partial charge in [-0.1, -0.05) is 87.5 Å². The number of hydrogen-bond acceptors (Lipinski definition) is 3. The summed E-state index contributed by atoms with van der Waals surface area (Å²) in [5.74, 6) is -0.546. The Bertz CT molecular complexity index is 796. The van der Waals surface area contributed by atoms with E-state index in [1.54, 1.807) is 0 Å². The van der Waals surface area contributed by atoms with Gasteiger partial charge in [-0.05, 0) is 40.8 Å². The van der Waals surface area contributed by atoms with Crippen LogP contribution in [0.3, 0.4) is 0 Å². The maximum Gasteiger partial charge on any atom is 0.261 e. The van der Waals surface area contributed by atoms with Gasteiger partial charge >= 0.3 is 0 Å². The van der Waals surface area contributed by atoms with Crippen LogP contribution in [0.15, 0.2) is 72.8 Å². The van der Waals surface area contributed by atoms with Crippen molar-refractivity contribution in [3.8, 4) is 0 Å². The van der Waals surface area contributed by atoms with Gasteiger partial charge in [0, 0.05) is 6.42 Å². The highest BCUT2D eigenvalue weighted by Crippen LogP contribution is 2.38. The van der Waals surface area contributed by atoms with E-state index in [1.807, 2.05) is 0 Å². The van der Waals surface area contributed by atoms with E-state index in [0.717, 1.165) is 32.3 Å². The quantitative estimate of drug-likeness (QED) is 0.511. The molecule has 0 aromatic heterocycles. The maximum atomic E-state index is 7.06. The largest absolute Gasteiger partial charge is 0.405 e. The Balaban J connectivity index is 1.65. The van der Waals surface area contributed by atoms with Crippen LogP contribution < -0.4 is 10.4 Å². The van der Waals surface area contributed by atoms with E-state index in [9.17, 15) is 0 Å². The summed E-state index contributed by atoms with van der Waals surface area (Å²) >= 11 is 0. The first-order valence-corrected chi connectivity index (χ1v) is 13.1. The summed E-state index contributed by atoms with van der Waals surface area (Å²) in [5, 5.41) is 2.58. The Hall–Kier alpha value is -1.72. The van der Waals surface area contributed by atoms with Gasteiger partial charge in [-0.25, -0.2) is 0 Å². The van der Waals surface area contributed by atoms with Gasteiger partial charge in [-0.3, -0.25) is 0 Å². The molecule has 1 fully saturated rings. The molecule has 2 aromatic rings. The van der Waals surface area contributed by atoms with Crippen LogP contribution >= 0.6 is 0 Å². The van der Waals surface area contributed by atoms with E-state index >= 15 is 0 Å². The molecule has 0 radical (unpaired) electrons. The zero-order chi connectivity index (χ0) is 21.1. The summed E-state index contributed by atoms with van der Waals surface area (Å²) < 4.78 is 19.6. The highest BCUT2D eigenvalue weighted by Gasteiger charge is 2.50. The smallest absolute Gasteiger partial charge is 0.261 e. The average molecular weight is 423 g/mol.